The van der Waals surface area contributed by atoms with Crippen molar-refractivity contribution in [3.63, 3.8) is 0 Å². The zero-order valence-electron chi connectivity index (χ0n) is 10.2. The third kappa shape index (κ3) is 5.24. The maximum atomic E-state index is 11.7. The topological polar surface area (TPSA) is 93.8 Å². The first-order valence-corrected chi connectivity index (χ1v) is 6.37. The highest BCUT2D eigenvalue weighted by Crippen LogP contribution is 2.33. The number of nitrogens with zero attached hydrogens (tertiary/aromatic N) is 1. The van der Waals surface area contributed by atoms with Crippen molar-refractivity contribution in [2.24, 2.45) is 10.9 Å². The third-order valence-corrected chi connectivity index (χ3v) is 2.72. The minimum Gasteiger partial charge on any atom is -0.384 e. The predicted octanol–water partition coefficient (Wildman–Crippen LogP) is 2.81. The van der Waals surface area contributed by atoms with E-state index in [0.29, 0.717) is 5.02 Å². The summed E-state index contributed by atoms with van der Waals surface area (Å²) in [6.07, 6.45) is -0.289. The molecule has 0 saturated heterocycles. The molecule has 0 atom stereocenters. The number of hydrogen-bond donors (Lipinski definition) is 2. The fourth-order valence-corrected chi connectivity index (χ4v) is 2.08. The summed E-state index contributed by atoms with van der Waals surface area (Å²) in [5.41, 5.74) is 5.61. The highest BCUT2D eigenvalue weighted by Gasteiger charge is 2.12. The average Bonchev–Trinajstić information content (AvgIpc) is 2.31. The predicted molar refractivity (Wildman–Crippen MR) is 78.1 cm³/mol. The van der Waals surface area contributed by atoms with Gasteiger partial charge in [-0.25, -0.2) is 4.79 Å². The van der Waals surface area contributed by atoms with Crippen LogP contribution < -0.4 is 11.1 Å². The van der Waals surface area contributed by atoms with Gasteiger partial charge >= 0.3 is 5.97 Å². The molecule has 108 valence electrons. The van der Waals surface area contributed by atoms with Crippen LogP contribution in [0.1, 0.15) is 13.3 Å². The molecule has 1 aromatic carbocycles. The Bertz CT molecular complexity index is 552. The van der Waals surface area contributed by atoms with Gasteiger partial charge in [-0.2, -0.15) is 0 Å². The fourth-order valence-electron chi connectivity index (χ4n) is 1.16. The van der Waals surface area contributed by atoms with Gasteiger partial charge in [0.25, 0.3) is 0 Å². The van der Waals surface area contributed by atoms with Crippen molar-refractivity contribution in [3.8, 4) is 0 Å². The number of amidine groups is 1. The normalized spacial score (nSPS) is 11.1. The standard InChI is InChI=1S/C11H10Cl3N3O3/c1-5(18)20-17-9(15)4-10(19)16-11-7(13)2-6(12)3-8(11)14/h2-3H,4H2,1H3,(H2,15,17)(H,16,19). The Kier molecular flexibility index (Phi) is 6.06. The molecule has 0 aliphatic rings. The molecule has 0 bridgehead atoms. The van der Waals surface area contributed by atoms with Crippen LogP contribution >= 0.6 is 34.8 Å². The van der Waals surface area contributed by atoms with E-state index in [1.807, 2.05) is 0 Å². The van der Waals surface area contributed by atoms with Crippen LogP contribution in [0.5, 0.6) is 0 Å². The molecule has 0 fully saturated rings. The summed E-state index contributed by atoms with van der Waals surface area (Å²) in [4.78, 5) is 26.5. The Hall–Kier alpha value is -1.50. The first kappa shape index (κ1) is 16.6. The van der Waals surface area contributed by atoms with Gasteiger partial charge in [-0.3, -0.25) is 4.79 Å². The molecular formula is C11H10Cl3N3O3. The molecule has 3 N–H and O–H groups in total. The Morgan fingerprint density at radius 3 is 2.35 bits per heavy atom. The van der Waals surface area contributed by atoms with E-state index in [1.54, 1.807) is 0 Å². The number of oxime groups is 1. The number of rotatable bonds is 4. The first-order chi connectivity index (χ1) is 9.29. The largest absolute Gasteiger partial charge is 0.384 e. The van der Waals surface area contributed by atoms with Gasteiger partial charge in [0, 0.05) is 11.9 Å². The molecule has 0 aliphatic carbocycles. The SMILES string of the molecule is CC(=O)O/N=C(\N)CC(=O)Nc1c(Cl)cc(Cl)cc1Cl. The number of carbonyl (C=O) groups excluding carboxylic acids is 2. The molecule has 0 saturated carbocycles. The fraction of sp³-hybridized carbons (Fsp3) is 0.182. The van der Waals surface area contributed by atoms with Crippen molar-refractivity contribution < 1.29 is 14.4 Å². The van der Waals surface area contributed by atoms with Crippen molar-refractivity contribution in [1.29, 1.82) is 0 Å². The molecule has 0 radical (unpaired) electrons. The van der Waals surface area contributed by atoms with Gasteiger partial charge in [0.15, 0.2) is 0 Å². The summed E-state index contributed by atoms with van der Waals surface area (Å²) in [5.74, 6) is -1.33. The number of benzene rings is 1. The number of halogens is 3. The average molecular weight is 339 g/mol. The van der Waals surface area contributed by atoms with Crippen LogP contribution in [0.25, 0.3) is 0 Å². The molecule has 0 unspecified atom stereocenters. The molecule has 0 spiro atoms. The van der Waals surface area contributed by atoms with Gasteiger partial charge in [0.1, 0.15) is 5.84 Å². The van der Waals surface area contributed by atoms with Crippen LogP contribution in [-0.2, 0) is 14.4 Å². The van der Waals surface area contributed by atoms with Gasteiger partial charge in [0.05, 0.1) is 22.2 Å². The molecule has 1 rings (SSSR count). The quantitative estimate of drug-likeness (QED) is 0.382. The van der Waals surface area contributed by atoms with E-state index < -0.39 is 11.9 Å². The summed E-state index contributed by atoms with van der Waals surface area (Å²) in [6.45, 7) is 1.16. The summed E-state index contributed by atoms with van der Waals surface area (Å²) >= 11 is 17.6. The molecule has 1 aromatic rings. The lowest BCUT2D eigenvalue weighted by atomic mass is 10.3. The maximum absolute atomic E-state index is 11.7. The van der Waals surface area contributed by atoms with Gasteiger partial charge in [-0.05, 0) is 12.1 Å². The third-order valence-electron chi connectivity index (χ3n) is 1.90. The highest BCUT2D eigenvalue weighted by molar-refractivity contribution is 6.42. The van der Waals surface area contributed by atoms with E-state index in [9.17, 15) is 9.59 Å². The lowest BCUT2D eigenvalue weighted by Gasteiger charge is -2.09. The summed E-state index contributed by atoms with van der Waals surface area (Å²) in [5, 5.41) is 6.44. The van der Waals surface area contributed by atoms with Crippen LogP contribution in [0.2, 0.25) is 15.1 Å². The lowest BCUT2D eigenvalue weighted by Crippen LogP contribution is -2.23. The van der Waals surface area contributed by atoms with Crippen LogP contribution in [0.3, 0.4) is 0 Å². The Morgan fingerprint density at radius 1 is 1.30 bits per heavy atom. The van der Waals surface area contributed by atoms with E-state index in [1.165, 1.54) is 12.1 Å². The van der Waals surface area contributed by atoms with E-state index in [4.69, 9.17) is 40.5 Å². The highest BCUT2D eigenvalue weighted by atomic mass is 35.5. The van der Waals surface area contributed by atoms with Gasteiger partial charge in [-0.15, -0.1) is 0 Å². The van der Waals surface area contributed by atoms with Gasteiger partial charge in [0.2, 0.25) is 5.91 Å². The Morgan fingerprint density at radius 2 is 1.85 bits per heavy atom. The van der Waals surface area contributed by atoms with E-state index in [2.05, 4.69) is 15.3 Å². The van der Waals surface area contributed by atoms with E-state index in [-0.39, 0.29) is 28.0 Å². The molecule has 0 heterocycles. The summed E-state index contributed by atoms with van der Waals surface area (Å²) in [7, 11) is 0. The second-order valence-electron chi connectivity index (χ2n) is 3.63. The number of anilines is 1. The van der Waals surface area contributed by atoms with Crippen LogP contribution in [0.15, 0.2) is 17.3 Å². The van der Waals surface area contributed by atoms with E-state index in [0.717, 1.165) is 6.92 Å². The Labute approximate surface area is 129 Å². The monoisotopic (exact) mass is 337 g/mol. The number of amides is 1. The van der Waals surface area contributed by atoms with Gasteiger partial charge in [-0.1, -0.05) is 40.0 Å². The molecular weight excluding hydrogens is 328 g/mol. The molecule has 6 nitrogen and oxygen atoms in total. The number of nitrogens with two attached hydrogens (primary N) is 1. The zero-order chi connectivity index (χ0) is 15.3. The summed E-state index contributed by atoms with van der Waals surface area (Å²) in [6, 6.07) is 2.86. The van der Waals surface area contributed by atoms with Gasteiger partial charge < -0.3 is 15.9 Å². The maximum Gasteiger partial charge on any atom is 0.332 e. The van der Waals surface area contributed by atoms with Crippen LogP contribution in [0.4, 0.5) is 5.69 Å². The molecule has 0 aromatic heterocycles. The molecule has 20 heavy (non-hydrogen) atoms. The number of carbonyl (C=O) groups is 2. The van der Waals surface area contributed by atoms with Crippen molar-refractivity contribution in [2.45, 2.75) is 13.3 Å². The summed E-state index contributed by atoms with van der Waals surface area (Å²) < 4.78 is 0. The second kappa shape index (κ2) is 7.33. The minimum atomic E-state index is -0.642. The van der Waals surface area contributed by atoms with E-state index >= 15 is 0 Å². The minimum absolute atomic E-state index is 0.168. The number of hydrogen-bond acceptors (Lipinski definition) is 4. The molecule has 1 amide bonds. The number of nitrogens with one attached hydrogen (secondary N) is 1. The second-order valence-corrected chi connectivity index (χ2v) is 4.89. The van der Waals surface area contributed by atoms with Crippen molar-refractivity contribution in [1.82, 2.24) is 0 Å². The van der Waals surface area contributed by atoms with Crippen molar-refractivity contribution in [3.05, 3.63) is 27.2 Å². The van der Waals surface area contributed by atoms with Crippen molar-refractivity contribution in [2.75, 3.05) is 5.32 Å². The van der Waals surface area contributed by atoms with Crippen molar-refractivity contribution >= 4 is 58.2 Å². The first-order valence-electron chi connectivity index (χ1n) is 5.24. The van der Waals surface area contributed by atoms with Crippen LogP contribution in [-0.4, -0.2) is 17.7 Å². The molecule has 0 aliphatic heterocycles. The zero-order valence-corrected chi connectivity index (χ0v) is 12.5. The van der Waals surface area contributed by atoms with Crippen LogP contribution in [0, 0.1) is 0 Å². The Balaban J connectivity index is 2.72. The lowest BCUT2D eigenvalue weighted by molar-refractivity contribution is -0.141. The molecule has 9 heteroatoms. The smallest absolute Gasteiger partial charge is 0.332 e.